The molecule has 2 aromatic rings. The van der Waals surface area contributed by atoms with E-state index in [1.165, 1.54) is 11.1 Å². The van der Waals surface area contributed by atoms with Gasteiger partial charge in [0.2, 0.25) is 0 Å². The number of nitrogens with one attached hydrogen (secondary N) is 2. The second-order valence-electron chi connectivity index (χ2n) is 6.90. The summed E-state index contributed by atoms with van der Waals surface area (Å²) in [6.07, 6.45) is -3.02. The number of alkyl halides is 3. The van der Waals surface area contributed by atoms with Gasteiger partial charge in [-0.1, -0.05) is 18.2 Å². The number of carbonyl (C=O) groups is 1. The number of hydrogen-bond acceptors (Lipinski definition) is 4. The maximum absolute atomic E-state index is 13.5. The van der Waals surface area contributed by atoms with Crippen molar-refractivity contribution in [2.45, 2.75) is 26.1 Å². The number of aromatic nitrogens is 2. The number of hydrogen-bond donors (Lipinski definition) is 2. The van der Waals surface area contributed by atoms with E-state index in [0.717, 1.165) is 11.3 Å². The van der Waals surface area contributed by atoms with Crippen molar-refractivity contribution in [3.8, 4) is 5.69 Å². The average Bonchev–Trinajstić information content (AvgIpc) is 3.03. The topological polar surface area (TPSA) is 62.2 Å². The van der Waals surface area contributed by atoms with Crippen molar-refractivity contribution in [3.63, 3.8) is 0 Å². The molecule has 1 amide bonds. The van der Waals surface area contributed by atoms with Crippen LogP contribution in [0.3, 0.4) is 0 Å². The standard InChI is InChI=1S/C19H24F3N5O/c1-13-5-3-4-6-16(13)27-14(2)15(11-25-27)18(28)24-12-17(19(20,21)22)26-9-7-23-8-10-26/h3-6,11,17,23H,7-10,12H2,1-2H3,(H,24,28). The van der Waals surface area contributed by atoms with E-state index in [2.05, 4.69) is 15.7 Å². The van der Waals surface area contributed by atoms with E-state index < -0.39 is 24.7 Å². The van der Waals surface area contributed by atoms with Crippen molar-refractivity contribution >= 4 is 5.91 Å². The number of para-hydroxylation sites is 1. The van der Waals surface area contributed by atoms with Crippen LogP contribution in [0.15, 0.2) is 30.5 Å². The Morgan fingerprint density at radius 2 is 1.93 bits per heavy atom. The fourth-order valence-electron chi connectivity index (χ4n) is 3.41. The molecule has 152 valence electrons. The van der Waals surface area contributed by atoms with Crippen LogP contribution in [0.2, 0.25) is 0 Å². The first-order valence-corrected chi connectivity index (χ1v) is 9.19. The van der Waals surface area contributed by atoms with Crippen LogP contribution in [0, 0.1) is 13.8 Å². The molecule has 1 fully saturated rings. The number of nitrogens with zero attached hydrogens (tertiary/aromatic N) is 3. The smallest absolute Gasteiger partial charge is 0.350 e. The Labute approximate surface area is 161 Å². The predicted octanol–water partition coefficient (Wildman–Crippen LogP) is 2.06. The second kappa shape index (κ2) is 8.32. The normalized spacial score (nSPS) is 16.8. The number of piperazine rings is 1. The summed E-state index contributed by atoms with van der Waals surface area (Å²) in [6, 6.07) is 5.87. The van der Waals surface area contributed by atoms with Gasteiger partial charge in [0, 0.05) is 32.7 Å². The van der Waals surface area contributed by atoms with E-state index in [1.54, 1.807) is 11.6 Å². The minimum absolute atomic E-state index is 0.268. The monoisotopic (exact) mass is 395 g/mol. The lowest BCUT2D eigenvalue weighted by molar-refractivity contribution is -0.183. The van der Waals surface area contributed by atoms with Crippen molar-refractivity contribution in [3.05, 3.63) is 47.3 Å². The Morgan fingerprint density at radius 1 is 1.25 bits per heavy atom. The fraction of sp³-hybridized carbons (Fsp3) is 0.474. The number of halogens is 3. The zero-order valence-electron chi connectivity index (χ0n) is 15.9. The molecule has 1 aliphatic heterocycles. The van der Waals surface area contributed by atoms with Gasteiger partial charge in [-0.25, -0.2) is 4.68 Å². The van der Waals surface area contributed by atoms with Crippen LogP contribution in [0.1, 0.15) is 21.6 Å². The van der Waals surface area contributed by atoms with Crippen LogP contribution in [-0.2, 0) is 0 Å². The van der Waals surface area contributed by atoms with Crippen LogP contribution >= 0.6 is 0 Å². The first-order chi connectivity index (χ1) is 13.3. The highest BCUT2D eigenvalue weighted by atomic mass is 19.4. The van der Waals surface area contributed by atoms with Gasteiger partial charge in [-0.15, -0.1) is 0 Å². The number of carbonyl (C=O) groups excluding carboxylic acids is 1. The van der Waals surface area contributed by atoms with E-state index >= 15 is 0 Å². The quantitative estimate of drug-likeness (QED) is 0.814. The van der Waals surface area contributed by atoms with Crippen molar-refractivity contribution < 1.29 is 18.0 Å². The van der Waals surface area contributed by atoms with Crippen LogP contribution in [0.25, 0.3) is 5.69 Å². The van der Waals surface area contributed by atoms with Crippen molar-refractivity contribution in [2.24, 2.45) is 0 Å². The molecule has 0 spiro atoms. The molecule has 3 rings (SSSR count). The minimum atomic E-state index is -4.41. The third kappa shape index (κ3) is 4.36. The molecule has 1 aliphatic rings. The first-order valence-electron chi connectivity index (χ1n) is 9.19. The van der Waals surface area contributed by atoms with Crippen LogP contribution in [0.5, 0.6) is 0 Å². The second-order valence-corrected chi connectivity index (χ2v) is 6.90. The number of amides is 1. The van der Waals surface area contributed by atoms with Gasteiger partial charge in [0.15, 0.2) is 0 Å². The summed E-state index contributed by atoms with van der Waals surface area (Å²) < 4.78 is 42.1. The molecule has 1 aromatic heterocycles. The van der Waals surface area contributed by atoms with Crippen molar-refractivity contribution in [1.29, 1.82) is 0 Å². The third-order valence-electron chi connectivity index (χ3n) is 5.02. The van der Waals surface area contributed by atoms with Crippen LogP contribution in [-0.4, -0.2) is 65.5 Å². The highest BCUT2D eigenvalue weighted by Gasteiger charge is 2.43. The molecular weight excluding hydrogens is 371 g/mol. The summed E-state index contributed by atoms with van der Waals surface area (Å²) in [5.74, 6) is -0.554. The minimum Gasteiger partial charge on any atom is -0.350 e. The van der Waals surface area contributed by atoms with E-state index in [1.807, 2.05) is 31.2 Å². The molecule has 1 unspecified atom stereocenters. The molecule has 1 saturated heterocycles. The molecule has 0 saturated carbocycles. The Bertz CT molecular complexity index is 827. The van der Waals surface area contributed by atoms with Gasteiger partial charge in [0.25, 0.3) is 5.91 Å². The van der Waals surface area contributed by atoms with E-state index in [9.17, 15) is 18.0 Å². The molecule has 1 atom stereocenters. The lowest BCUT2D eigenvalue weighted by Gasteiger charge is -2.35. The zero-order chi connectivity index (χ0) is 20.3. The summed E-state index contributed by atoms with van der Waals surface area (Å²) in [5, 5.41) is 9.73. The molecule has 1 aromatic carbocycles. The lowest BCUT2D eigenvalue weighted by Crippen LogP contribution is -2.57. The number of benzene rings is 1. The van der Waals surface area contributed by atoms with Crippen molar-refractivity contribution in [1.82, 2.24) is 25.3 Å². The summed E-state index contributed by atoms with van der Waals surface area (Å²) in [7, 11) is 0. The summed E-state index contributed by atoms with van der Waals surface area (Å²) in [5.41, 5.74) is 2.66. The van der Waals surface area contributed by atoms with E-state index in [0.29, 0.717) is 31.9 Å². The molecule has 0 radical (unpaired) electrons. The Balaban J connectivity index is 1.73. The largest absolute Gasteiger partial charge is 0.405 e. The maximum Gasteiger partial charge on any atom is 0.405 e. The Kier molecular flexibility index (Phi) is 6.04. The van der Waals surface area contributed by atoms with Crippen LogP contribution in [0.4, 0.5) is 13.2 Å². The van der Waals surface area contributed by atoms with Gasteiger partial charge in [-0.3, -0.25) is 9.69 Å². The zero-order valence-corrected chi connectivity index (χ0v) is 15.9. The molecule has 28 heavy (non-hydrogen) atoms. The van der Waals surface area contributed by atoms with Gasteiger partial charge in [0.1, 0.15) is 6.04 Å². The Morgan fingerprint density at radius 3 is 2.57 bits per heavy atom. The molecule has 6 nitrogen and oxygen atoms in total. The average molecular weight is 395 g/mol. The van der Waals surface area contributed by atoms with Crippen molar-refractivity contribution in [2.75, 3.05) is 32.7 Å². The van der Waals surface area contributed by atoms with Gasteiger partial charge >= 0.3 is 6.18 Å². The third-order valence-corrected chi connectivity index (χ3v) is 5.02. The summed E-state index contributed by atoms with van der Waals surface area (Å²) >= 11 is 0. The van der Waals surface area contributed by atoms with Gasteiger partial charge < -0.3 is 10.6 Å². The molecule has 0 aliphatic carbocycles. The highest BCUT2D eigenvalue weighted by Crippen LogP contribution is 2.25. The molecular formula is C19H24F3N5O. The van der Waals surface area contributed by atoms with Crippen LogP contribution < -0.4 is 10.6 Å². The fourth-order valence-corrected chi connectivity index (χ4v) is 3.41. The SMILES string of the molecule is Cc1ccccc1-n1ncc(C(=O)NCC(N2CCNCC2)C(F)(F)F)c1C. The molecule has 9 heteroatoms. The van der Waals surface area contributed by atoms with E-state index in [4.69, 9.17) is 0 Å². The number of rotatable bonds is 5. The maximum atomic E-state index is 13.5. The molecule has 2 heterocycles. The highest BCUT2D eigenvalue weighted by molar-refractivity contribution is 5.95. The molecule has 2 N–H and O–H groups in total. The number of aryl methyl sites for hydroxylation is 1. The predicted molar refractivity (Wildman–Crippen MR) is 99.7 cm³/mol. The summed E-state index contributed by atoms with van der Waals surface area (Å²) in [6.45, 7) is 4.76. The molecule has 0 bridgehead atoms. The van der Waals surface area contributed by atoms with Gasteiger partial charge in [-0.2, -0.15) is 18.3 Å². The van der Waals surface area contributed by atoms with E-state index in [-0.39, 0.29) is 5.56 Å². The first kappa shape index (κ1) is 20.3. The Hall–Kier alpha value is -2.39. The van der Waals surface area contributed by atoms with Gasteiger partial charge in [-0.05, 0) is 25.5 Å². The lowest BCUT2D eigenvalue weighted by atomic mass is 10.1. The summed E-state index contributed by atoms with van der Waals surface area (Å²) in [4.78, 5) is 13.9. The van der Waals surface area contributed by atoms with Gasteiger partial charge in [0.05, 0.1) is 23.1 Å².